The van der Waals surface area contributed by atoms with Gasteiger partial charge in [-0.05, 0) is 44.0 Å². The van der Waals surface area contributed by atoms with Gasteiger partial charge in [0.15, 0.2) is 5.96 Å². The Morgan fingerprint density at radius 2 is 2.00 bits per heavy atom. The Balaban J connectivity index is 0.00000363. The van der Waals surface area contributed by atoms with Gasteiger partial charge in [-0.25, -0.2) is 13.8 Å². The summed E-state index contributed by atoms with van der Waals surface area (Å²) < 4.78 is 28.1. The van der Waals surface area contributed by atoms with E-state index in [0.717, 1.165) is 12.0 Å². The molecular weight excluding hydrogens is 529 g/mol. The third-order valence-corrected chi connectivity index (χ3v) is 4.91. The van der Waals surface area contributed by atoms with Crippen molar-refractivity contribution in [3.05, 3.63) is 53.7 Å². The van der Waals surface area contributed by atoms with E-state index in [4.69, 9.17) is 0 Å². The van der Waals surface area contributed by atoms with E-state index in [1.54, 1.807) is 17.2 Å². The molecular formula is C22H29F2IN6O. The summed E-state index contributed by atoms with van der Waals surface area (Å²) >= 11 is 0. The van der Waals surface area contributed by atoms with Crippen molar-refractivity contribution in [1.82, 2.24) is 15.6 Å². The van der Waals surface area contributed by atoms with Gasteiger partial charge in [0.1, 0.15) is 23.1 Å². The fourth-order valence-corrected chi connectivity index (χ4v) is 3.40. The van der Waals surface area contributed by atoms with Gasteiger partial charge in [0.25, 0.3) is 0 Å². The molecule has 1 saturated heterocycles. The maximum absolute atomic E-state index is 14.1. The van der Waals surface area contributed by atoms with Crippen molar-refractivity contribution < 1.29 is 13.6 Å². The van der Waals surface area contributed by atoms with Crippen LogP contribution in [-0.2, 0) is 4.79 Å². The van der Waals surface area contributed by atoms with E-state index >= 15 is 0 Å². The molecule has 1 fully saturated rings. The molecule has 1 atom stereocenters. The summed E-state index contributed by atoms with van der Waals surface area (Å²) in [6.07, 6.45) is 2.63. The van der Waals surface area contributed by atoms with E-state index in [-0.39, 0.29) is 48.0 Å². The zero-order valence-electron chi connectivity index (χ0n) is 18.2. The van der Waals surface area contributed by atoms with Crippen molar-refractivity contribution >= 4 is 47.3 Å². The minimum absolute atomic E-state index is 0. The van der Waals surface area contributed by atoms with Crippen LogP contribution in [0.3, 0.4) is 0 Å². The number of anilines is 2. The number of benzene rings is 1. The quantitative estimate of drug-likeness (QED) is 0.276. The molecule has 0 radical (unpaired) electrons. The predicted molar refractivity (Wildman–Crippen MR) is 134 cm³/mol. The minimum Gasteiger partial charge on any atom is -0.365 e. The molecule has 3 N–H and O–H groups in total. The molecule has 1 aliphatic rings. The second kappa shape index (κ2) is 12.5. The average molecular weight is 558 g/mol. The van der Waals surface area contributed by atoms with Crippen LogP contribution in [0.4, 0.5) is 20.3 Å². The number of hydrogen-bond donors (Lipinski definition) is 3. The molecule has 10 heteroatoms. The third-order valence-electron chi connectivity index (χ3n) is 4.91. The fourth-order valence-electron chi connectivity index (χ4n) is 3.40. The second-order valence-electron chi connectivity index (χ2n) is 7.43. The van der Waals surface area contributed by atoms with Crippen LogP contribution in [0.5, 0.6) is 0 Å². The number of hydrogen-bond acceptors (Lipinski definition) is 4. The van der Waals surface area contributed by atoms with Gasteiger partial charge in [0, 0.05) is 38.3 Å². The molecule has 1 amide bonds. The number of pyridine rings is 1. The SMILES string of the molecule is CCNC(=NCCC(=O)Nc1ccc(C)cn1)NC1CCN(c2c(F)cccc2F)C1.I. The van der Waals surface area contributed by atoms with Crippen LogP contribution >= 0.6 is 24.0 Å². The van der Waals surface area contributed by atoms with E-state index in [9.17, 15) is 13.6 Å². The lowest BCUT2D eigenvalue weighted by Gasteiger charge is -2.21. The molecule has 32 heavy (non-hydrogen) atoms. The van der Waals surface area contributed by atoms with Crippen molar-refractivity contribution in [2.75, 3.05) is 36.4 Å². The molecule has 1 aromatic carbocycles. The smallest absolute Gasteiger partial charge is 0.227 e. The molecule has 1 aliphatic heterocycles. The van der Waals surface area contributed by atoms with Crippen molar-refractivity contribution in [3.63, 3.8) is 0 Å². The lowest BCUT2D eigenvalue weighted by molar-refractivity contribution is -0.116. The molecule has 7 nitrogen and oxygen atoms in total. The van der Waals surface area contributed by atoms with Gasteiger partial charge in [0.2, 0.25) is 5.91 Å². The Morgan fingerprint density at radius 3 is 2.66 bits per heavy atom. The number of aryl methyl sites for hydroxylation is 1. The Labute approximate surface area is 204 Å². The summed E-state index contributed by atoms with van der Waals surface area (Å²) in [4.78, 5) is 22.4. The number of rotatable bonds is 7. The molecule has 1 unspecified atom stereocenters. The second-order valence-corrected chi connectivity index (χ2v) is 7.43. The van der Waals surface area contributed by atoms with Crippen molar-refractivity contribution in [3.8, 4) is 0 Å². The van der Waals surface area contributed by atoms with Gasteiger partial charge in [-0.15, -0.1) is 24.0 Å². The van der Waals surface area contributed by atoms with Gasteiger partial charge in [-0.2, -0.15) is 0 Å². The summed E-state index contributed by atoms with van der Waals surface area (Å²) in [5, 5.41) is 9.18. The summed E-state index contributed by atoms with van der Waals surface area (Å²) in [7, 11) is 0. The highest BCUT2D eigenvalue weighted by atomic mass is 127. The van der Waals surface area contributed by atoms with E-state index in [1.165, 1.54) is 18.2 Å². The molecule has 1 aromatic heterocycles. The number of halogens is 3. The number of nitrogens with zero attached hydrogens (tertiary/aromatic N) is 3. The molecule has 0 saturated carbocycles. The van der Waals surface area contributed by atoms with Gasteiger partial charge in [-0.1, -0.05) is 12.1 Å². The van der Waals surface area contributed by atoms with Crippen LogP contribution < -0.4 is 20.9 Å². The topological polar surface area (TPSA) is 81.6 Å². The number of para-hydroxylation sites is 1. The Kier molecular flexibility index (Phi) is 10.1. The standard InChI is InChI=1S/C22H28F2N6O.HI/c1-3-25-22(26-11-9-20(31)29-19-8-7-15(2)13-27-19)28-16-10-12-30(14-16)21-17(23)5-4-6-18(21)24;/h4-8,13,16H,3,9-12,14H2,1-2H3,(H2,25,26,28)(H,27,29,31);1H. The largest absolute Gasteiger partial charge is 0.365 e. The highest BCUT2D eigenvalue weighted by Gasteiger charge is 2.27. The Morgan fingerprint density at radius 1 is 1.25 bits per heavy atom. The number of guanidine groups is 1. The van der Waals surface area contributed by atoms with Gasteiger partial charge < -0.3 is 20.9 Å². The van der Waals surface area contributed by atoms with Gasteiger partial charge in [0.05, 0.1) is 6.54 Å². The van der Waals surface area contributed by atoms with Crippen LogP contribution in [-0.4, -0.2) is 49.1 Å². The highest BCUT2D eigenvalue weighted by Crippen LogP contribution is 2.26. The van der Waals surface area contributed by atoms with E-state index < -0.39 is 11.6 Å². The molecule has 0 aliphatic carbocycles. The maximum atomic E-state index is 14.1. The molecule has 3 rings (SSSR count). The summed E-state index contributed by atoms with van der Waals surface area (Å²) in [6, 6.07) is 7.52. The number of amides is 1. The normalized spacial score (nSPS) is 15.8. The minimum atomic E-state index is -0.560. The van der Waals surface area contributed by atoms with Crippen molar-refractivity contribution in [2.24, 2.45) is 4.99 Å². The molecule has 174 valence electrons. The summed E-state index contributed by atoms with van der Waals surface area (Å²) in [5.41, 5.74) is 1.03. The van der Waals surface area contributed by atoms with Crippen LogP contribution in [0.15, 0.2) is 41.5 Å². The number of aliphatic imine (C=N–C) groups is 1. The number of nitrogens with one attached hydrogen (secondary N) is 3. The number of carbonyl (C=O) groups is 1. The predicted octanol–water partition coefficient (Wildman–Crippen LogP) is 3.45. The van der Waals surface area contributed by atoms with E-state index in [0.29, 0.717) is 38.0 Å². The lowest BCUT2D eigenvalue weighted by atomic mass is 10.2. The monoisotopic (exact) mass is 558 g/mol. The van der Waals surface area contributed by atoms with E-state index in [2.05, 4.69) is 25.9 Å². The van der Waals surface area contributed by atoms with Crippen LogP contribution in [0.1, 0.15) is 25.3 Å². The Bertz CT molecular complexity index is 905. The van der Waals surface area contributed by atoms with Gasteiger partial charge in [-0.3, -0.25) is 9.79 Å². The maximum Gasteiger partial charge on any atom is 0.227 e. The first-order chi connectivity index (χ1) is 15.0. The molecule has 0 spiro atoms. The summed E-state index contributed by atoms with van der Waals surface area (Å²) in [5.74, 6) is -0.204. The number of carbonyl (C=O) groups excluding carboxylic acids is 1. The average Bonchev–Trinajstić information content (AvgIpc) is 3.17. The first-order valence-electron chi connectivity index (χ1n) is 10.4. The van der Waals surface area contributed by atoms with Crippen LogP contribution in [0.25, 0.3) is 0 Å². The summed E-state index contributed by atoms with van der Waals surface area (Å²) in [6.45, 7) is 5.83. The zero-order chi connectivity index (χ0) is 22.2. The molecule has 2 heterocycles. The third kappa shape index (κ3) is 7.28. The van der Waals surface area contributed by atoms with Crippen molar-refractivity contribution in [2.45, 2.75) is 32.7 Å². The van der Waals surface area contributed by atoms with Crippen molar-refractivity contribution in [1.29, 1.82) is 0 Å². The first-order valence-corrected chi connectivity index (χ1v) is 10.4. The van der Waals surface area contributed by atoms with Gasteiger partial charge >= 0.3 is 0 Å². The molecule has 0 bridgehead atoms. The first kappa shape index (κ1) is 25.8. The molecule has 2 aromatic rings. The van der Waals surface area contributed by atoms with Crippen LogP contribution in [0.2, 0.25) is 0 Å². The number of aromatic nitrogens is 1. The fraction of sp³-hybridized carbons (Fsp3) is 0.409. The van der Waals surface area contributed by atoms with E-state index in [1.807, 2.05) is 19.9 Å². The van der Waals surface area contributed by atoms with Crippen LogP contribution in [0, 0.1) is 18.6 Å². The Hall–Kier alpha value is -2.50. The zero-order valence-corrected chi connectivity index (χ0v) is 20.5. The highest BCUT2D eigenvalue weighted by molar-refractivity contribution is 14.0. The lowest BCUT2D eigenvalue weighted by Crippen LogP contribution is -2.44.